The molecule has 0 spiro atoms. The molecule has 2 aromatic carbocycles. The maximum Gasteiger partial charge on any atom is 0.255 e. The van der Waals surface area contributed by atoms with Gasteiger partial charge in [0.25, 0.3) is 5.91 Å². The minimum absolute atomic E-state index is 0.136. The van der Waals surface area contributed by atoms with Crippen LogP contribution < -0.4 is 14.8 Å². The lowest BCUT2D eigenvalue weighted by molar-refractivity contribution is 0.0950. The molecule has 0 radical (unpaired) electrons. The number of nitrogens with zero attached hydrogens (tertiary/aromatic N) is 3. The van der Waals surface area contributed by atoms with Gasteiger partial charge >= 0.3 is 0 Å². The zero-order valence-electron chi connectivity index (χ0n) is 17.7. The van der Waals surface area contributed by atoms with Crippen molar-refractivity contribution < 1.29 is 14.3 Å². The van der Waals surface area contributed by atoms with Gasteiger partial charge in [0.2, 0.25) is 4.96 Å². The van der Waals surface area contributed by atoms with Crippen molar-refractivity contribution in [1.82, 2.24) is 19.9 Å². The van der Waals surface area contributed by atoms with Gasteiger partial charge in [-0.15, -0.1) is 5.10 Å². The van der Waals surface area contributed by atoms with Gasteiger partial charge in [-0.25, -0.2) is 4.52 Å². The highest BCUT2D eigenvalue weighted by molar-refractivity contribution is 7.17. The Morgan fingerprint density at radius 3 is 2.65 bits per heavy atom. The highest BCUT2D eigenvalue weighted by Gasteiger charge is 2.16. The first kappa shape index (κ1) is 20.9. The number of fused-ring (bicyclic) bond motifs is 1. The first-order valence-corrected chi connectivity index (χ1v) is 10.9. The van der Waals surface area contributed by atoms with E-state index in [4.69, 9.17) is 9.47 Å². The summed E-state index contributed by atoms with van der Waals surface area (Å²) in [6.45, 7) is 4.97. The molecular weight excluding hydrogens is 412 g/mol. The zero-order chi connectivity index (χ0) is 21.8. The van der Waals surface area contributed by atoms with Crippen LogP contribution in [0, 0.1) is 6.92 Å². The second kappa shape index (κ2) is 9.18. The number of benzene rings is 2. The van der Waals surface area contributed by atoms with E-state index in [1.807, 2.05) is 60.8 Å². The molecule has 4 aromatic rings. The van der Waals surface area contributed by atoms with Crippen LogP contribution >= 0.6 is 11.3 Å². The standard InChI is InChI=1S/C23H24N4O3S/c1-4-30-19-8-6-5-7-18(19)22(28)24-14-13-20-15(2)27-23(31-20)25-21(26-27)16-9-11-17(29-3)12-10-16/h5-12H,4,13-14H2,1-3H3,(H,24,28). The quantitative estimate of drug-likeness (QED) is 0.449. The van der Waals surface area contributed by atoms with Gasteiger partial charge in [0, 0.05) is 23.4 Å². The summed E-state index contributed by atoms with van der Waals surface area (Å²) in [5, 5.41) is 7.64. The maximum atomic E-state index is 12.6. The summed E-state index contributed by atoms with van der Waals surface area (Å²) in [5.74, 6) is 1.95. The van der Waals surface area contributed by atoms with Gasteiger partial charge in [-0.3, -0.25) is 4.79 Å². The highest BCUT2D eigenvalue weighted by Crippen LogP contribution is 2.26. The van der Waals surface area contributed by atoms with Crippen molar-refractivity contribution >= 4 is 22.2 Å². The van der Waals surface area contributed by atoms with Crippen molar-refractivity contribution in [2.24, 2.45) is 0 Å². The lowest BCUT2D eigenvalue weighted by atomic mass is 10.2. The summed E-state index contributed by atoms with van der Waals surface area (Å²) in [6.07, 6.45) is 0.710. The largest absolute Gasteiger partial charge is 0.497 e. The first-order chi connectivity index (χ1) is 15.1. The zero-order valence-corrected chi connectivity index (χ0v) is 18.5. The van der Waals surface area contributed by atoms with Crippen LogP contribution in [-0.4, -0.2) is 40.8 Å². The molecule has 2 heterocycles. The summed E-state index contributed by atoms with van der Waals surface area (Å²) in [7, 11) is 1.64. The summed E-state index contributed by atoms with van der Waals surface area (Å²) in [6, 6.07) is 15.0. The summed E-state index contributed by atoms with van der Waals surface area (Å²) >= 11 is 1.59. The Hall–Kier alpha value is -3.39. The number of amides is 1. The Labute approximate surface area is 184 Å². The minimum atomic E-state index is -0.136. The molecule has 160 valence electrons. The van der Waals surface area contributed by atoms with Crippen molar-refractivity contribution in [3.8, 4) is 22.9 Å². The van der Waals surface area contributed by atoms with Crippen LogP contribution in [-0.2, 0) is 6.42 Å². The molecule has 0 aliphatic heterocycles. The molecule has 0 unspecified atom stereocenters. The van der Waals surface area contributed by atoms with Gasteiger partial charge < -0.3 is 14.8 Å². The fraction of sp³-hybridized carbons (Fsp3) is 0.261. The van der Waals surface area contributed by atoms with Gasteiger partial charge in [-0.1, -0.05) is 23.5 Å². The van der Waals surface area contributed by atoms with E-state index >= 15 is 0 Å². The number of methoxy groups -OCH3 is 1. The summed E-state index contributed by atoms with van der Waals surface area (Å²) < 4.78 is 12.6. The Morgan fingerprint density at radius 2 is 1.94 bits per heavy atom. The third-order valence-corrected chi connectivity index (χ3v) is 6.12. The number of aryl methyl sites for hydroxylation is 1. The molecule has 0 bridgehead atoms. The van der Waals surface area contributed by atoms with Crippen molar-refractivity contribution in [3.05, 3.63) is 64.7 Å². The van der Waals surface area contributed by atoms with E-state index < -0.39 is 0 Å². The van der Waals surface area contributed by atoms with Crippen LogP contribution in [0.4, 0.5) is 0 Å². The molecule has 0 saturated heterocycles. The molecule has 2 aromatic heterocycles. The Balaban J connectivity index is 1.43. The molecule has 4 rings (SSSR count). The van der Waals surface area contributed by atoms with Crippen LogP contribution in [0.1, 0.15) is 27.9 Å². The predicted octanol–water partition coefficient (Wildman–Crippen LogP) is 4.15. The first-order valence-electron chi connectivity index (χ1n) is 10.1. The summed E-state index contributed by atoms with van der Waals surface area (Å²) in [4.78, 5) is 19.2. The van der Waals surface area contributed by atoms with Crippen molar-refractivity contribution in [2.75, 3.05) is 20.3 Å². The third-order valence-electron chi connectivity index (χ3n) is 4.93. The number of ether oxygens (including phenoxy) is 2. The molecule has 8 heteroatoms. The molecule has 7 nitrogen and oxygen atoms in total. The van der Waals surface area contributed by atoms with E-state index in [0.29, 0.717) is 36.7 Å². The number of para-hydroxylation sites is 1. The minimum Gasteiger partial charge on any atom is -0.497 e. The summed E-state index contributed by atoms with van der Waals surface area (Å²) in [5.41, 5.74) is 2.53. The molecule has 0 saturated carbocycles. The van der Waals surface area contributed by atoms with Crippen LogP contribution in [0.15, 0.2) is 48.5 Å². The van der Waals surface area contributed by atoms with Gasteiger partial charge in [-0.05, 0) is 50.2 Å². The SMILES string of the molecule is CCOc1ccccc1C(=O)NCCc1sc2nc(-c3ccc(OC)cc3)nn2c1C. The number of rotatable bonds is 8. The topological polar surface area (TPSA) is 77.8 Å². The Morgan fingerprint density at radius 1 is 1.16 bits per heavy atom. The van der Waals surface area contributed by atoms with Gasteiger partial charge in [-0.2, -0.15) is 4.98 Å². The average molecular weight is 437 g/mol. The Bertz CT molecular complexity index is 1200. The van der Waals surface area contributed by atoms with Crippen molar-refractivity contribution in [1.29, 1.82) is 0 Å². The average Bonchev–Trinajstić information content (AvgIpc) is 3.34. The fourth-order valence-corrected chi connectivity index (χ4v) is 4.35. The molecule has 1 amide bonds. The monoisotopic (exact) mass is 436 g/mol. The lowest BCUT2D eigenvalue weighted by Gasteiger charge is -2.10. The molecule has 31 heavy (non-hydrogen) atoms. The maximum absolute atomic E-state index is 12.6. The fourth-order valence-electron chi connectivity index (χ4n) is 3.30. The van der Waals surface area contributed by atoms with E-state index in [-0.39, 0.29) is 5.91 Å². The third kappa shape index (κ3) is 4.39. The number of nitrogens with one attached hydrogen (secondary N) is 1. The van der Waals surface area contributed by atoms with Crippen molar-refractivity contribution in [2.45, 2.75) is 20.3 Å². The number of carbonyl (C=O) groups excluding carboxylic acids is 1. The number of carbonyl (C=O) groups is 1. The number of hydrogen-bond donors (Lipinski definition) is 1. The molecule has 0 aliphatic carbocycles. The van der Waals surface area contributed by atoms with E-state index in [9.17, 15) is 4.79 Å². The normalized spacial score (nSPS) is 10.9. The van der Waals surface area contributed by atoms with Gasteiger partial charge in [0.05, 0.1) is 25.0 Å². The van der Waals surface area contributed by atoms with Crippen LogP contribution in [0.2, 0.25) is 0 Å². The van der Waals surface area contributed by atoms with Crippen LogP contribution in [0.3, 0.4) is 0 Å². The van der Waals surface area contributed by atoms with E-state index in [2.05, 4.69) is 15.4 Å². The van der Waals surface area contributed by atoms with Crippen molar-refractivity contribution in [3.63, 3.8) is 0 Å². The number of aromatic nitrogens is 3. The number of thiazole rings is 1. The molecule has 1 N–H and O–H groups in total. The van der Waals surface area contributed by atoms with Crippen LogP contribution in [0.25, 0.3) is 16.3 Å². The highest BCUT2D eigenvalue weighted by atomic mass is 32.1. The van der Waals surface area contributed by atoms with Crippen LogP contribution in [0.5, 0.6) is 11.5 Å². The number of hydrogen-bond acceptors (Lipinski definition) is 6. The smallest absolute Gasteiger partial charge is 0.255 e. The van der Waals surface area contributed by atoms with E-state index in [1.54, 1.807) is 24.5 Å². The Kier molecular flexibility index (Phi) is 6.18. The molecule has 0 atom stereocenters. The molecule has 0 fully saturated rings. The van der Waals surface area contributed by atoms with E-state index in [1.165, 1.54) is 0 Å². The molecular formula is C23H24N4O3S. The van der Waals surface area contributed by atoms with Gasteiger partial charge in [0.15, 0.2) is 5.82 Å². The second-order valence-electron chi connectivity index (χ2n) is 6.90. The van der Waals surface area contributed by atoms with Gasteiger partial charge in [0.1, 0.15) is 11.5 Å². The lowest BCUT2D eigenvalue weighted by Crippen LogP contribution is -2.26. The molecule has 0 aliphatic rings. The van der Waals surface area contributed by atoms with E-state index in [0.717, 1.165) is 26.8 Å². The predicted molar refractivity (Wildman–Crippen MR) is 121 cm³/mol. The second-order valence-corrected chi connectivity index (χ2v) is 7.97.